The zero-order valence-corrected chi connectivity index (χ0v) is 12.9. The van der Waals surface area contributed by atoms with Gasteiger partial charge in [0.1, 0.15) is 19.0 Å². The second-order valence-electron chi connectivity index (χ2n) is 4.42. The molecule has 9 heteroatoms. The van der Waals surface area contributed by atoms with Crippen molar-refractivity contribution < 1.29 is 22.3 Å². The Morgan fingerprint density at radius 1 is 1.40 bits per heavy atom. The average molecular weight is 408 g/mol. The molecule has 0 bridgehead atoms. The van der Waals surface area contributed by atoms with Crippen LogP contribution < -0.4 is 5.56 Å². The molecule has 0 aromatic carbocycles. The summed E-state index contributed by atoms with van der Waals surface area (Å²) < 4.78 is 54.0. The average Bonchev–Trinajstić information content (AvgIpc) is 2.32. The van der Waals surface area contributed by atoms with Gasteiger partial charge < -0.3 is 9.72 Å². The first-order valence-corrected chi connectivity index (χ1v) is 6.75. The molecule has 1 heterocycles. The van der Waals surface area contributed by atoms with E-state index in [9.17, 15) is 22.4 Å². The Kier molecular flexibility index (Phi) is 5.92. The van der Waals surface area contributed by atoms with Crippen LogP contribution in [0.25, 0.3) is 0 Å². The molecule has 0 amide bonds. The number of rotatable bonds is 6. The fourth-order valence-corrected chi connectivity index (χ4v) is 2.20. The van der Waals surface area contributed by atoms with Gasteiger partial charge in [0.05, 0.1) is 9.26 Å². The molecular formula is C11H13F4IN2O2. The summed E-state index contributed by atoms with van der Waals surface area (Å²) in [6.45, 7) is 1.74. The monoisotopic (exact) mass is 408 g/mol. The lowest BCUT2D eigenvalue weighted by molar-refractivity contribution is -0.168. The van der Waals surface area contributed by atoms with E-state index >= 15 is 0 Å². The van der Waals surface area contributed by atoms with Crippen LogP contribution in [0.4, 0.5) is 17.6 Å². The molecule has 0 aliphatic rings. The van der Waals surface area contributed by atoms with Crippen molar-refractivity contribution in [3.05, 3.63) is 25.4 Å². The first-order valence-electron chi connectivity index (χ1n) is 5.67. The highest BCUT2D eigenvalue weighted by molar-refractivity contribution is 14.1. The minimum absolute atomic E-state index is 0.0317. The van der Waals surface area contributed by atoms with Crippen molar-refractivity contribution in [3.8, 4) is 0 Å². The van der Waals surface area contributed by atoms with E-state index in [-0.39, 0.29) is 11.7 Å². The normalized spacial score (nSPS) is 12.4. The van der Waals surface area contributed by atoms with Gasteiger partial charge in [-0.05, 0) is 28.5 Å². The van der Waals surface area contributed by atoms with E-state index in [1.165, 1.54) is 0 Å². The predicted octanol–water partition coefficient (Wildman–Crippen LogP) is 2.91. The lowest BCUT2D eigenvalue weighted by Crippen LogP contribution is -2.32. The summed E-state index contributed by atoms with van der Waals surface area (Å²) in [6.07, 6.45) is -3.79. The van der Waals surface area contributed by atoms with Gasteiger partial charge in [-0.2, -0.15) is 8.78 Å². The summed E-state index contributed by atoms with van der Waals surface area (Å²) in [4.78, 5) is 18.0. The molecule has 0 radical (unpaired) electrons. The standard InChI is InChI=1S/C11H13F4IN2O2/c1-5(2)8-7(16)9(19)18-6(17-8)3-20-4-11(14,15)10(12)13/h5,10H,3-4H2,1-2H3,(H,17,18,19). The predicted molar refractivity (Wildman–Crippen MR) is 72.3 cm³/mol. The Morgan fingerprint density at radius 2 is 2.00 bits per heavy atom. The molecule has 1 aromatic heterocycles. The summed E-state index contributed by atoms with van der Waals surface area (Å²) in [7, 11) is 0. The largest absolute Gasteiger partial charge is 0.367 e. The van der Waals surface area contributed by atoms with Crippen LogP contribution >= 0.6 is 22.6 Å². The zero-order chi connectivity index (χ0) is 15.5. The molecule has 4 nitrogen and oxygen atoms in total. The Hall–Kier alpha value is -0.710. The van der Waals surface area contributed by atoms with Crippen LogP contribution in [0.3, 0.4) is 0 Å². The van der Waals surface area contributed by atoms with E-state index in [0.717, 1.165) is 0 Å². The van der Waals surface area contributed by atoms with Crippen LogP contribution in [0, 0.1) is 3.57 Å². The number of ether oxygens (including phenoxy) is 1. The number of halogens is 5. The Morgan fingerprint density at radius 3 is 2.50 bits per heavy atom. The molecule has 0 spiro atoms. The number of alkyl halides is 4. The number of aromatic amines is 1. The number of aromatic nitrogens is 2. The Bertz CT molecular complexity index is 520. The molecule has 0 saturated heterocycles. The smallest absolute Gasteiger partial charge is 0.330 e. The first-order chi connectivity index (χ1) is 9.15. The van der Waals surface area contributed by atoms with E-state index < -0.39 is 31.1 Å². The van der Waals surface area contributed by atoms with Crippen LogP contribution in [-0.4, -0.2) is 28.9 Å². The maximum Gasteiger partial charge on any atom is 0.330 e. The number of hydrogen-bond donors (Lipinski definition) is 1. The van der Waals surface area contributed by atoms with Crippen LogP contribution in [0.15, 0.2) is 4.79 Å². The van der Waals surface area contributed by atoms with Crippen LogP contribution in [0.2, 0.25) is 0 Å². The van der Waals surface area contributed by atoms with E-state index in [0.29, 0.717) is 9.26 Å². The zero-order valence-electron chi connectivity index (χ0n) is 10.7. The van der Waals surface area contributed by atoms with Gasteiger partial charge in [-0.1, -0.05) is 13.8 Å². The van der Waals surface area contributed by atoms with Gasteiger partial charge in [0.2, 0.25) is 0 Å². The molecule has 0 aliphatic heterocycles. The molecule has 0 fully saturated rings. The number of nitrogens with one attached hydrogen (secondary N) is 1. The first kappa shape index (κ1) is 17.3. The van der Waals surface area contributed by atoms with Gasteiger partial charge in [-0.15, -0.1) is 0 Å². The second-order valence-corrected chi connectivity index (χ2v) is 5.50. The summed E-state index contributed by atoms with van der Waals surface area (Å²) in [5.74, 6) is -4.22. The van der Waals surface area contributed by atoms with Gasteiger partial charge >= 0.3 is 12.3 Å². The lowest BCUT2D eigenvalue weighted by Gasteiger charge is -2.15. The van der Waals surface area contributed by atoms with Crippen molar-refractivity contribution in [3.63, 3.8) is 0 Å². The lowest BCUT2D eigenvalue weighted by atomic mass is 10.1. The maximum atomic E-state index is 12.6. The van der Waals surface area contributed by atoms with E-state index in [4.69, 9.17) is 0 Å². The van der Waals surface area contributed by atoms with Crippen LogP contribution in [0.5, 0.6) is 0 Å². The minimum atomic E-state index is -4.22. The molecule has 20 heavy (non-hydrogen) atoms. The SMILES string of the molecule is CC(C)c1nc(COCC(F)(F)C(F)F)[nH]c(=O)c1I. The minimum Gasteiger partial charge on any atom is -0.367 e. The van der Waals surface area contributed by atoms with Crippen LogP contribution in [0.1, 0.15) is 31.3 Å². The quantitative estimate of drug-likeness (QED) is 0.582. The molecular weight excluding hydrogens is 395 g/mol. The molecule has 0 aliphatic carbocycles. The highest BCUT2D eigenvalue weighted by Gasteiger charge is 2.41. The van der Waals surface area contributed by atoms with Crippen molar-refractivity contribution in [2.45, 2.75) is 38.7 Å². The topological polar surface area (TPSA) is 55.0 Å². The number of H-pyrrole nitrogens is 1. The number of hydrogen-bond acceptors (Lipinski definition) is 3. The number of nitrogens with zero attached hydrogens (tertiary/aromatic N) is 1. The van der Waals surface area contributed by atoms with Crippen molar-refractivity contribution in [2.24, 2.45) is 0 Å². The summed E-state index contributed by atoms with van der Waals surface area (Å²) in [6, 6.07) is 0. The summed E-state index contributed by atoms with van der Waals surface area (Å²) in [5.41, 5.74) is 0.0945. The van der Waals surface area contributed by atoms with Crippen molar-refractivity contribution in [1.82, 2.24) is 9.97 Å². The van der Waals surface area contributed by atoms with E-state index in [1.807, 2.05) is 36.4 Å². The third-order valence-corrected chi connectivity index (χ3v) is 3.38. The van der Waals surface area contributed by atoms with Gasteiger partial charge in [0.25, 0.3) is 5.56 Å². The van der Waals surface area contributed by atoms with E-state index in [1.54, 1.807) is 0 Å². The molecule has 1 N–H and O–H groups in total. The van der Waals surface area contributed by atoms with E-state index in [2.05, 4.69) is 14.7 Å². The van der Waals surface area contributed by atoms with Crippen molar-refractivity contribution in [2.75, 3.05) is 6.61 Å². The third kappa shape index (κ3) is 4.40. The van der Waals surface area contributed by atoms with Gasteiger partial charge in [0, 0.05) is 0 Å². The fraction of sp³-hybridized carbons (Fsp3) is 0.636. The molecule has 0 atom stereocenters. The van der Waals surface area contributed by atoms with Gasteiger partial charge in [-0.25, -0.2) is 13.8 Å². The van der Waals surface area contributed by atoms with Crippen LogP contribution in [-0.2, 0) is 11.3 Å². The fourth-order valence-electron chi connectivity index (χ4n) is 1.32. The Labute approximate surface area is 126 Å². The maximum absolute atomic E-state index is 12.6. The molecule has 1 rings (SSSR count). The molecule has 0 saturated carbocycles. The summed E-state index contributed by atoms with van der Waals surface area (Å²) in [5, 5.41) is 0. The highest BCUT2D eigenvalue weighted by atomic mass is 127. The second kappa shape index (κ2) is 6.83. The van der Waals surface area contributed by atoms with Gasteiger partial charge in [-0.3, -0.25) is 4.79 Å². The molecule has 0 unspecified atom stereocenters. The van der Waals surface area contributed by atoms with Gasteiger partial charge in [0.15, 0.2) is 0 Å². The Balaban J connectivity index is 2.77. The summed E-state index contributed by atoms with van der Waals surface area (Å²) >= 11 is 1.83. The molecule has 1 aromatic rings. The highest BCUT2D eigenvalue weighted by Crippen LogP contribution is 2.23. The third-order valence-electron chi connectivity index (χ3n) is 2.34. The van der Waals surface area contributed by atoms with Crippen molar-refractivity contribution >= 4 is 22.6 Å². The van der Waals surface area contributed by atoms with Crippen molar-refractivity contribution in [1.29, 1.82) is 0 Å². The molecule has 114 valence electrons.